The lowest BCUT2D eigenvalue weighted by Crippen LogP contribution is -2.54. The molecule has 12 heteroatoms. The van der Waals surface area contributed by atoms with Crippen LogP contribution >= 0.6 is 11.8 Å². The maximum absolute atomic E-state index is 13.3. The second-order valence-electron chi connectivity index (χ2n) is 10.8. The maximum atomic E-state index is 13.3. The number of nitrogens with one attached hydrogen (secondary N) is 3. The molecule has 4 aromatic rings. The van der Waals surface area contributed by atoms with Crippen LogP contribution in [0.15, 0.2) is 82.4 Å². The number of nitrogens with zero attached hydrogens (tertiary/aromatic N) is 2. The molecule has 1 saturated heterocycles. The molecule has 2 aromatic carbocycles. The lowest BCUT2D eigenvalue weighted by Gasteiger charge is -2.27. The van der Waals surface area contributed by atoms with E-state index in [4.69, 9.17) is 4.42 Å². The van der Waals surface area contributed by atoms with Crippen LogP contribution in [0.2, 0.25) is 0 Å². The number of carbonyl (C=O) groups is 5. The van der Waals surface area contributed by atoms with Gasteiger partial charge in [-0.1, -0.05) is 30.3 Å². The van der Waals surface area contributed by atoms with E-state index < -0.39 is 29.7 Å². The van der Waals surface area contributed by atoms with Gasteiger partial charge in [0.25, 0.3) is 11.8 Å². The normalized spacial score (nSPS) is 17.0. The minimum Gasteiger partial charge on any atom is -0.459 e. The number of rotatable bonds is 12. The number of para-hydroxylation sites is 1. The fourth-order valence-corrected chi connectivity index (χ4v) is 6.60. The molecule has 45 heavy (non-hydrogen) atoms. The van der Waals surface area contributed by atoms with Gasteiger partial charge in [0.1, 0.15) is 17.4 Å². The second-order valence-corrected chi connectivity index (χ2v) is 11.9. The highest BCUT2D eigenvalue weighted by molar-refractivity contribution is 7.99. The van der Waals surface area contributed by atoms with Crippen molar-refractivity contribution in [1.29, 1.82) is 0 Å². The van der Waals surface area contributed by atoms with E-state index in [0.29, 0.717) is 30.2 Å². The number of carbonyl (C=O) groups excluding carboxylic acids is 5. The van der Waals surface area contributed by atoms with Gasteiger partial charge in [-0.3, -0.25) is 39.2 Å². The third kappa shape index (κ3) is 6.52. The van der Waals surface area contributed by atoms with Crippen molar-refractivity contribution < 1.29 is 28.4 Å². The van der Waals surface area contributed by atoms with E-state index in [0.717, 1.165) is 27.2 Å². The Hall–Kier alpha value is -4.81. The molecule has 2 aromatic heterocycles. The molecule has 6 rings (SSSR count). The van der Waals surface area contributed by atoms with E-state index in [2.05, 4.69) is 20.9 Å². The van der Waals surface area contributed by atoms with Gasteiger partial charge in [0.05, 0.1) is 17.2 Å². The average Bonchev–Trinajstić information content (AvgIpc) is 3.58. The smallest absolute Gasteiger partial charge is 0.263 e. The Labute approximate surface area is 263 Å². The number of thioether (sulfide) groups is 1. The zero-order chi connectivity index (χ0) is 31.3. The van der Waals surface area contributed by atoms with Crippen LogP contribution in [0.5, 0.6) is 0 Å². The van der Waals surface area contributed by atoms with Crippen LogP contribution in [-0.4, -0.2) is 64.3 Å². The quantitative estimate of drug-likeness (QED) is 0.122. The molecule has 11 nitrogen and oxygen atoms in total. The second kappa shape index (κ2) is 13.4. The summed E-state index contributed by atoms with van der Waals surface area (Å²) in [5.41, 5.74) is 2.26. The van der Waals surface area contributed by atoms with E-state index in [-0.39, 0.29) is 42.3 Å². The van der Waals surface area contributed by atoms with E-state index in [9.17, 15) is 24.0 Å². The lowest BCUT2D eigenvalue weighted by molar-refractivity contribution is -0.136. The van der Waals surface area contributed by atoms with Crippen LogP contribution in [0.4, 0.5) is 0 Å². The number of imide groups is 2. The molecular weight excluding hydrogens is 594 g/mol. The molecule has 3 N–H and O–H groups in total. The number of fused-ring (bicyclic) bond motifs is 2. The van der Waals surface area contributed by atoms with Crippen LogP contribution in [-0.2, 0) is 14.4 Å². The summed E-state index contributed by atoms with van der Waals surface area (Å²) in [6.07, 6.45) is 4.58. The summed E-state index contributed by atoms with van der Waals surface area (Å²) in [6, 6.07) is 17.4. The van der Waals surface area contributed by atoms with Gasteiger partial charge < -0.3 is 15.1 Å². The van der Waals surface area contributed by atoms with E-state index in [1.54, 1.807) is 30.6 Å². The van der Waals surface area contributed by atoms with Crippen molar-refractivity contribution in [2.24, 2.45) is 0 Å². The Morgan fingerprint density at radius 2 is 1.91 bits per heavy atom. The number of hydrogen-bond donors (Lipinski definition) is 3. The van der Waals surface area contributed by atoms with Gasteiger partial charge in [0.2, 0.25) is 17.7 Å². The molecule has 5 amide bonds. The van der Waals surface area contributed by atoms with Crippen molar-refractivity contribution in [3.63, 3.8) is 0 Å². The fourth-order valence-electron chi connectivity index (χ4n) is 5.58. The summed E-state index contributed by atoms with van der Waals surface area (Å²) in [5.74, 6) is -0.853. The number of aromatic nitrogens is 1. The first-order valence-electron chi connectivity index (χ1n) is 14.8. The topological polar surface area (TPSA) is 151 Å². The van der Waals surface area contributed by atoms with Crippen molar-refractivity contribution in [3.05, 3.63) is 95.5 Å². The van der Waals surface area contributed by atoms with Crippen molar-refractivity contribution >= 4 is 52.3 Å². The van der Waals surface area contributed by atoms with Gasteiger partial charge >= 0.3 is 0 Å². The van der Waals surface area contributed by atoms with Crippen LogP contribution in [0.25, 0.3) is 11.0 Å². The zero-order valence-electron chi connectivity index (χ0n) is 24.3. The predicted molar refractivity (Wildman–Crippen MR) is 166 cm³/mol. The molecule has 230 valence electrons. The van der Waals surface area contributed by atoms with E-state index >= 15 is 0 Å². The third-order valence-corrected chi connectivity index (χ3v) is 8.92. The maximum Gasteiger partial charge on any atom is 0.263 e. The van der Waals surface area contributed by atoms with Crippen molar-refractivity contribution in [2.45, 2.75) is 42.7 Å². The van der Waals surface area contributed by atoms with Crippen LogP contribution in [0.1, 0.15) is 63.8 Å². The molecule has 4 heterocycles. The molecule has 2 unspecified atom stereocenters. The van der Waals surface area contributed by atoms with Gasteiger partial charge in [-0.05, 0) is 54.5 Å². The first kappa shape index (κ1) is 30.2. The number of piperidine rings is 1. The average molecular weight is 626 g/mol. The minimum absolute atomic E-state index is 0.0690. The van der Waals surface area contributed by atoms with Gasteiger partial charge in [-0.15, -0.1) is 11.8 Å². The van der Waals surface area contributed by atoms with Crippen LogP contribution in [0, 0.1) is 0 Å². The first-order chi connectivity index (χ1) is 21.9. The molecular formula is C33H31N5O6S. The Morgan fingerprint density at radius 3 is 2.71 bits per heavy atom. The highest BCUT2D eigenvalue weighted by atomic mass is 32.2. The molecule has 2 aliphatic heterocycles. The van der Waals surface area contributed by atoms with Crippen molar-refractivity contribution in [2.75, 3.05) is 18.8 Å². The standard InChI is InChI=1S/C33H31N5O6S/c39-27(13-16-36-30(21-7-4-14-34-19-21)25-18-20-6-1-2-9-24(20)44-25)35-15-5-17-45-26-10-3-8-22-29(26)33(43)38(32(22)42)23-11-12-28(40)37-31(23)41/h1-4,6-10,14,18-19,23,30,36H,5,11-13,15-17H2,(H,35,39)(H,37,40,41). The zero-order valence-corrected chi connectivity index (χ0v) is 25.1. The number of hydrogen-bond acceptors (Lipinski definition) is 9. The van der Waals surface area contributed by atoms with Crippen LogP contribution < -0.4 is 16.0 Å². The Bertz CT molecular complexity index is 1740. The number of furan rings is 1. The summed E-state index contributed by atoms with van der Waals surface area (Å²) in [5, 5.41) is 9.58. The number of pyridine rings is 1. The third-order valence-electron chi connectivity index (χ3n) is 7.78. The minimum atomic E-state index is -1.00. The molecule has 2 atom stereocenters. The summed E-state index contributed by atoms with van der Waals surface area (Å²) < 4.78 is 6.09. The summed E-state index contributed by atoms with van der Waals surface area (Å²) in [4.78, 5) is 68.6. The molecule has 0 spiro atoms. The molecule has 0 saturated carbocycles. The van der Waals surface area contributed by atoms with Gasteiger partial charge in [0, 0.05) is 48.6 Å². The molecule has 0 bridgehead atoms. The van der Waals surface area contributed by atoms with Crippen LogP contribution in [0.3, 0.4) is 0 Å². The predicted octanol–water partition coefficient (Wildman–Crippen LogP) is 3.60. The molecule has 0 radical (unpaired) electrons. The highest BCUT2D eigenvalue weighted by Gasteiger charge is 2.45. The molecule has 0 aliphatic carbocycles. The monoisotopic (exact) mass is 625 g/mol. The highest BCUT2D eigenvalue weighted by Crippen LogP contribution is 2.34. The molecule has 2 aliphatic rings. The fraction of sp³-hybridized carbons (Fsp3) is 0.273. The lowest BCUT2D eigenvalue weighted by atomic mass is 10.0. The van der Waals surface area contributed by atoms with E-state index in [1.165, 1.54) is 11.8 Å². The number of benzene rings is 2. The Kier molecular flexibility index (Phi) is 9.03. The van der Waals surface area contributed by atoms with Gasteiger partial charge in [-0.25, -0.2) is 0 Å². The summed E-state index contributed by atoms with van der Waals surface area (Å²) >= 11 is 1.42. The summed E-state index contributed by atoms with van der Waals surface area (Å²) in [6.45, 7) is 0.874. The molecule has 1 fully saturated rings. The first-order valence-corrected chi connectivity index (χ1v) is 15.7. The van der Waals surface area contributed by atoms with Gasteiger partial charge in [0.15, 0.2) is 0 Å². The Morgan fingerprint density at radius 1 is 1.04 bits per heavy atom. The van der Waals surface area contributed by atoms with Gasteiger partial charge in [-0.2, -0.15) is 0 Å². The van der Waals surface area contributed by atoms with Crippen molar-refractivity contribution in [3.8, 4) is 0 Å². The Balaban J connectivity index is 0.981. The SMILES string of the molecule is O=C(CCNC(c1cccnc1)c1cc2ccccc2o1)NCCCSc1cccc2c1C(=O)N(C1CCC(=O)NC1=O)C2=O. The van der Waals surface area contributed by atoms with Crippen molar-refractivity contribution in [1.82, 2.24) is 25.8 Å². The summed E-state index contributed by atoms with van der Waals surface area (Å²) in [7, 11) is 0. The van der Waals surface area contributed by atoms with E-state index in [1.807, 2.05) is 42.5 Å². The number of amides is 5. The largest absolute Gasteiger partial charge is 0.459 e.